The first kappa shape index (κ1) is 25.0. The van der Waals surface area contributed by atoms with Crippen molar-refractivity contribution in [3.63, 3.8) is 0 Å². The molecule has 1 aliphatic heterocycles. The number of ketones is 1. The monoisotopic (exact) mass is 519 g/mol. The number of carbonyl (C=O) groups excluding carboxylic acids is 3. The molecule has 12 heteroatoms. The highest BCUT2D eigenvalue weighted by Crippen LogP contribution is 2.56. The smallest absolute Gasteiger partial charge is 0.294 e. The molecule has 196 valence electrons. The normalized spacial score (nSPS) is 22.4. The fourth-order valence-corrected chi connectivity index (χ4v) is 5.77. The number of hydrogen-bond acceptors (Lipinski definition) is 5. The minimum atomic E-state index is -3.03. The molecule has 0 radical (unpaired) electrons. The van der Waals surface area contributed by atoms with Crippen LogP contribution >= 0.6 is 0 Å². The molecule has 0 spiro atoms. The van der Waals surface area contributed by atoms with Gasteiger partial charge in [0.25, 0.3) is 23.5 Å². The number of hydrazine groups is 1. The molecule has 3 aliphatic rings. The van der Waals surface area contributed by atoms with Gasteiger partial charge in [-0.25, -0.2) is 17.6 Å². The van der Waals surface area contributed by atoms with E-state index in [0.29, 0.717) is 12.2 Å². The number of hydrogen-bond donors (Lipinski definition) is 4. The minimum absolute atomic E-state index is 0.000828. The predicted molar refractivity (Wildman–Crippen MR) is 125 cm³/mol. The summed E-state index contributed by atoms with van der Waals surface area (Å²) < 4.78 is 56.2. The first-order chi connectivity index (χ1) is 17.4. The summed E-state index contributed by atoms with van der Waals surface area (Å²) in [6.07, 6.45) is 0.828. The molecule has 5 rings (SSSR count). The summed E-state index contributed by atoms with van der Waals surface area (Å²) in [6.45, 7) is 3.52. The van der Waals surface area contributed by atoms with Crippen LogP contribution in [0.2, 0.25) is 0 Å². The quantitative estimate of drug-likeness (QED) is 0.147. The van der Waals surface area contributed by atoms with Gasteiger partial charge in [-0.15, -0.1) is 0 Å². The van der Waals surface area contributed by atoms with Gasteiger partial charge in [0.15, 0.2) is 11.6 Å². The number of carbonyl (C=O) groups is 3. The molecule has 2 aliphatic carbocycles. The van der Waals surface area contributed by atoms with Crippen molar-refractivity contribution in [2.75, 3.05) is 5.32 Å². The third-order valence-electron chi connectivity index (χ3n) is 7.50. The van der Waals surface area contributed by atoms with Crippen LogP contribution in [0, 0.1) is 24.5 Å². The van der Waals surface area contributed by atoms with E-state index in [-0.39, 0.29) is 40.0 Å². The number of anilines is 1. The van der Waals surface area contributed by atoms with E-state index < -0.39 is 53.5 Å². The molecule has 1 aromatic heterocycles. The molecule has 8 nitrogen and oxygen atoms in total. The summed E-state index contributed by atoms with van der Waals surface area (Å²) in [4.78, 5) is 39.7. The summed E-state index contributed by atoms with van der Waals surface area (Å²) in [5, 5.41) is 4.98. The number of allylic oxidation sites excluding steroid dienone is 1. The maximum Gasteiger partial charge on any atom is 0.294 e. The lowest BCUT2D eigenvalue weighted by molar-refractivity contribution is -0.138. The number of rotatable bonds is 7. The topological polar surface area (TPSA) is 118 Å². The Kier molecular flexibility index (Phi) is 5.70. The van der Waals surface area contributed by atoms with Crippen molar-refractivity contribution in [1.82, 2.24) is 15.3 Å². The van der Waals surface area contributed by atoms with Crippen molar-refractivity contribution in [2.45, 2.75) is 57.0 Å². The van der Waals surface area contributed by atoms with E-state index >= 15 is 0 Å². The highest BCUT2D eigenvalue weighted by Gasteiger charge is 2.60. The lowest BCUT2D eigenvalue weighted by atomic mass is 9.70. The Morgan fingerprint density at radius 3 is 2.46 bits per heavy atom. The van der Waals surface area contributed by atoms with Gasteiger partial charge in [0, 0.05) is 48.4 Å². The van der Waals surface area contributed by atoms with Crippen molar-refractivity contribution in [1.29, 1.82) is 0 Å². The Hall–Kier alpha value is -3.67. The standard InChI is InChI=1S/C25H25F4N5O3/c1-3-17(33-30)24(9-25(28,29)10-24)32-23(37)21(35)19-11(2)18(20-14-6-12(14)8-34(19)20)22(36)31-13-4-5-15(26)16(27)7-13/h3-5,7,12,14,33H,6,8-10,30H2,1-2H3,(H,31,36)(H,32,37)/b17-3-. The number of amides is 2. The maximum absolute atomic E-state index is 13.8. The maximum atomic E-state index is 13.8. The zero-order valence-electron chi connectivity index (χ0n) is 20.1. The van der Waals surface area contributed by atoms with E-state index in [4.69, 9.17) is 5.84 Å². The fourth-order valence-electron chi connectivity index (χ4n) is 5.77. The highest BCUT2D eigenvalue weighted by molar-refractivity contribution is 6.43. The van der Waals surface area contributed by atoms with Crippen molar-refractivity contribution >= 4 is 23.3 Å². The van der Waals surface area contributed by atoms with Gasteiger partial charge in [0.05, 0.1) is 16.8 Å². The Morgan fingerprint density at radius 1 is 1.16 bits per heavy atom. The molecule has 2 unspecified atom stereocenters. The fraction of sp³-hybridized carbons (Fsp3) is 0.400. The Balaban J connectivity index is 1.46. The van der Waals surface area contributed by atoms with Crippen molar-refractivity contribution in [2.24, 2.45) is 11.8 Å². The first-order valence-corrected chi connectivity index (χ1v) is 11.8. The lowest BCUT2D eigenvalue weighted by Gasteiger charge is -2.48. The van der Waals surface area contributed by atoms with Crippen LogP contribution in [0.15, 0.2) is 30.0 Å². The first-order valence-electron chi connectivity index (χ1n) is 11.8. The highest BCUT2D eigenvalue weighted by atomic mass is 19.3. The Morgan fingerprint density at radius 2 is 1.86 bits per heavy atom. The van der Waals surface area contributed by atoms with Crippen LogP contribution in [0.4, 0.5) is 23.2 Å². The summed E-state index contributed by atoms with van der Waals surface area (Å²) in [6, 6.07) is 2.93. The van der Waals surface area contributed by atoms with Crippen molar-refractivity contribution in [3.05, 3.63) is 64.1 Å². The van der Waals surface area contributed by atoms with E-state index in [1.807, 2.05) is 0 Å². The number of benzene rings is 1. The van der Waals surface area contributed by atoms with Crippen LogP contribution in [0.1, 0.15) is 64.2 Å². The van der Waals surface area contributed by atoms with Gasteiger partial charge in [-0.3, -0.25) is 20.2 Å². The zero-order valence-corrected chi connectivity index (χ0v) is 20.1. The number of Topliss-reactive ketones (excluding diaryl/α,β-unsaturated/α-hetero) is 1. The number of alkyl halides is 2. The van der Waals surface area contributed by atoms with Crippen LogP contribution in [-0.4, -0.2) is 33.6 Å². The van der Waals surface area contributed by atoms with Gasteiger partial charge >= 0.3 is 0 Å². The van der Waals surface area contributed by atoms with Gasteiger partial charge < -0.3 is 20.6 Å². The second-order valence-corrected chi connectivity index (χ2v) is 9.95. The Labute approximate surface area is 209 Å². The van der Waals surface area contributed by atoms with E-state index in [0.717, 1.165) is 18.6 Å². The van der Waals surface area contributed by atoms with Gasteiger partial charge in [-0.05, 0) is 43.9 Å². The average Bonchev–Trinajstić information content (AvgIpc) is 3.38. The van der Waals surface area contributed by atoms with Crippen molar-refractivity contribution in [3.8, 4) is 0 Å². The summed E-state index contributed by atoms with van der Waals surface area (Å²) in [5.41, 5.74) is 2.02. The van der Waals surface area contributed by atoms with Crippen LogP contribution in [0.5, 0.6) is 0 Å². The number of nitrogens with two attached hydrogens (primary N) is 1. The molecule has 2 heterocycles. The molecular weight excluding hydrogens is 494 g/mol. The van der Waals surface area contributed by atoms with E-state index in [2.05, 4.69) is 16.1 Å². The molecule has 0 saturated heterocycles. The average molecular weight is 519 g/mol. The third-order valence-corrected chi connectivity index (χ3v) is 7.50. The van der Waals surface area contributed by atoms with Crippen LogP contribution < -0.4 is 21.9 Å². The zero-order chi connectivity index (χ0) is 26.9. The number of nitrogens with zero attached hydrogens (tertiary/aromatic N) is 1. The van der Waals surface area contributed by atoms with Crippen LogP contribution in [-0.2, 0) is 11.3 Å². The lowest BCUT2D eigenvalue weighted by Crippen LogP contribution is -2.66. The molecule has 5 N–H and O–H groups in total. The molecule has 2 atom stereocenters. The minimum Gasteiger partial charge on any atom is -0.340 e. The van der Waals surface area contributed by atoms with Crippen LogP contribution in [0.3, 0.4) is 0 Å². The van der Waals surface area contributed by atoms with Gasteiger partial charge in [0.2, 0.25) is 0 Å². The second-order valence-electron chi connectivity index (χ2n) is 9.95. The van der Waals surface area contributed by atoms with E-state index in [1.165, 1.54) is 19.1 Å². The molecule has 2 amide bonds. The largest absolute Gasteiger partial charge is 0.340 e. The van der Waals surface area contributed by atoms with Gasteiger partial charge in [-0.2, -0.15) is 0 Å². The Bertz CT molecular complexity index is 1370. The molecule has 2 saturated carbocycles. The number of aromatic nitrogens is 1. The molecule has 1 aromatic carbocycles. The summed E-state index contributed by atoms with van der Waals surface area (Å²) >= 11 is 0. The van der Waals surface area contributed by atoms with E-state index in [1.54, 1.807) is 11.5 Å². The SMILES string of the molecule is C/C=C(\NN)C1(NC(=O)C(=O)c2c(C)c(C(=O)Nc3ccc(F)c(F)c3)c3n2CC2CC32)CC(F)(F)C1. The molecule has 2 aromatic rings. The molecule has 37 heavy (non-hydrogen) atoms. The summed E-state index contributed by atoms with van der Waals surface area (Å²) in [7, 11) is 0. The third kappa shape index (κ3) is 3.99. The van der Waals surface area contributed by atoms with Crippen molar-refractivity contribution < 1.29 is 31.9 Å². The number of nitrogens with one attached hydrogen (secondary N) is 3. The van der Waals surface area contributed by atoms with Gasteiger partial charge in [-0.1, -0.05) is 6.08 Å². The molecule has 2 fully saturated rings. The second kappa shape index (κ2) is 8.44. The number of fused-ring (bicyclic) bond motifs is 3. The van der Waals surface area contributed by atoms with E-state index in [9.17, 15) is 31.9 Å². The van der Waals surface area contributed by atoms with Gasteiger partial charge in [0.1, 0.15) is 0 Å². The molecule has 0 bridgehead atoms. The number of halogens is 4. The predicted octanol–water partition coefficient (Wildman–Crippen LogP) is 3.28. The van der Waals surface area contributed by atoms with Crippen LogP contribution in [0.25, 0.3) is 0 Å². The molecular formula is C25H25F4N5O3. The summed E-state index contributed by atoms with van der Waals surface area (Å²) in [5.74, 6) is -2.19.